The summed E-state index contributed by atoms with van der Waals surface area (Å²) in [6.07, 6.45) is 7.75. The first-order valence-corrected chi connectivity index (χ1v) is 7.19. The summed E-state index contributed by atoms with van der Waals surface area (Å²) in [5.74, 6) is 0. The molecule has 0 aliphatic heterocycles. The minimum absolute atomic E-state index is 0.568. The van der Waals surface area contributed by atoms with Crippen LogP contribution in [0.1, 0.15) is 45.6 Å². The molecule has 3 nitrogen and oxygen atoms in total. The van der Waals surface area contributed by atoms with Crippen LogP contribution in [0, 0.1) is 0 Å². The normalized spacial score (nSPS) is 16.6. The molecule has 0 radical (unpaired) electrons. The highest BCUT2D eigenvalue weighted by Crippen LogP contribution is 2.24. The molecular formula is C15H25N3. The van der Waals surface area contributed by atoms with Crippen molar-refractivity contribution in [2.24, 2.45) is 0 Å². The van der Waals surface area contributed by atoms with Crippen LogP contribution in [0.2, 0.25) is 0 Å². The third-order valence-electron chi connectivity index (χ3n) is 3.82. The second-order valence-electron chi connectivity index (χ2n) is 5.20. The molecule has 1 saturated carbocycles. The zero-order valence-electron chi connectivity index (χ0n) is 11.8. The van der Waals surface area contributed by atoms with Crippen molar-refractivity contribution in [1.82, 2.24) is 10.3 Å². The van der Waals surface area contributed by atoms with Crippen molar-refractivity contribution >= 4 is 5.69 Å². The van der Waals surface area contributed by atoms with E-state index in [1.54, 1.807) is 0 Å². The van der Waals surface area contributed by atoms with Crippen molar-refractivity contribution in [3.63, 3.8) is 0 Å². The van der Waals surface area contributed by atoms with E-state index < -0.39 is 0 Å². The number of anilines is 1. The highest BCUT2D eigenvalue weighted by Gasteiger charge is 2.21. The SMILES string of the molecule is CCC(C)N(CC)c1cnccc1CNC1CC1. The summed E-state index contributed by atoms with van der Waals surface area (Å²) < 4.78 is 0. The van der Waals surface area contributed by atoms with E-state index in [0.717, 1.165) is 25.6 Å². The fourth-order valence-electron chi connectivity index (χ4n) is 2.30. The van der Waals surface area contributed by atoms with Gasteiger partial charge in [-0.05, 0) is 44.7 Å². The van der Waals surface area contributed by atoms with Gasteiger partial charge < -0.3 is 10.2 Å². The third-order valence-corrected chi connectivity index (χ3v) is 3.82. The van der Waals surface area contributed by atoms with Crippen LogP contribution in [-0.2, 0) is 6.54 Å². The van der Waals surface area contributed by atoms with Crippen LogP contribution in [0.3, 0.4) is 0 Å². The number of hydrogen-bond acceptors (Lipinski definition) is 3. The van der Waals surface area contributed by atoms with Gasteiger partial charge in [-0.15, -0.1) is 0 Å². The van der Waals surface area contributed by atoms with Gasteiger partial charge in [0.05, 0.1) is 11.9 Å². The Balaban J connectivity index is 2.12. The average Bonchev–Trinajstić information content (AvgIpc) is 3.22. The molecule has 1 fully saturated rings. The lowest BCUT2D eigenvalue weighted by Crippen LogP contribution is -2.33. The maximum atomic E-state index is 4.30. The zero-order valence-corrected chi connectivity index (χ0v) is 11.8. The van der Waals surface area contributed by atoms with Crippen molar-refractivity contribution in [1.29, 1.82) is 0 Å². The molecule has 2 rings (SSSR count). The van der Waals surface area contributed by atoms with Crippen LogP contribution < -0.4 is 10.2 Å². The van der Waals surface area contributed by atoms with Crippen LogP contribution in [0.4, 0.5) is 5.69 Å². The van der Waals surface area contributed by atoms with Crippen LogP contribution in [0.15, 0.2) is 18.5 Å². The Kier molecular flexibility index (Phi) is 4.59. The molecular weight excluding hydrogens is 222 g/mol. The highest BCUT2D eigenvalue weighted by atomic mass is 15.2. The van der Waals surface area contributed by atoms with Crippen molar-refractivity contribution in [2.45, 2.75) is 58.7 Å². The second-order valence-corrected chi connectivity index (χ2v) is 5.20. The predicted octanol–water partition coefficient (Wildman–Crippen LogP) is 2.96. The molecule has 1 aliphatic rings. The number of nitrogens with zero attached hydrogens (tertiary/aromatic N) is 2. The van der Waals surface area contributed by atoms with Crippen LogP contribution in [0.25, 0.3) is 0 Å². The molecule has 1 unspecified atom stereocenters. The first kappa shape index (κ1) is 13.3. The molecule has 18 heavy (non-hydrogen) atoms. The van der Waals surface area contributed by atoms with Crippen molar-refractivity contribution in [3.05, 3.63) is 24.0 Å². The summed E-state index contributed by atoms with van der Waals surface area (Å²) in [5, 5.41) is 3.59. The molecule has 0 bridgehead atoms. The smallest absolute Gasteiger partial charge is 0.0600 e. The van der Waals surface area contributed by atoms with Gasteiger partial charge in [0.1, 0.15) is 0 Å². The standard InChI is InChI=1S/C15H25N3/c1-4-12(3)18(5-2)15-11-16-9-8-13(15)10-17-14-6-7-14/h8-9,11-12,14,17H,4-7,10H2,1-3H3. The highest BCUT2D eigenvalue weighted by molar-refractivity contribution is 5.52. The summed E-state index contributed by atoms with van der Waals surface area (Å²) in [6.45, 7) is 8.75. The third kappa shape index (κ3) is 3.22. The van der Waals surface area contributed by atoms with Gasteiger partial charge in [0, 0.05) is 31.4 Å². The molecule has 1 heterocycles. The predicted molar refractivity (Wildman–Crippen MR) is 76.9 cm³/mol. The molecule has 0 spiro atoms. The van der Waals surface area contributed by atoms with Crippen molar-refractivity contribution in [2.75, 3.05) is 11.4 Å². The molecule has 1 aliphatic carbocycles. The molecule has 1 atom stereocenters. The number of hydrogen-bond donors (Lipinski definition) is 1. The quantitative estimate of drug-likeness (QED) is 0.803. The lowest BCUT2D eigenvalue weighted by Gasteiger charge is -2.31. The first-order valence-electron chi connectivity index (χ1n) is 7.19. The fourth-order valence-corrected chi connectivity index (χ4v) is 2.30. The van der Waals surface area contributed by atoms with Gasteiger partial charge in [-0.1, -0.05) is 6.92 Å². The van der Waals surface area contributed by atoms with E-state index in [-0.39, 0.29) is 0 Å². The summed E-state index contributed by atoms with van der Waals surface area (Å²) in [6, 6.07) is 3.47. The van der Waals surface area contributed by atoms with Crippen LogP contribution >= 0.6 is 0 Å². The maximum absolute atomic E-state index is 4.30. The zero-order chi connectivity index (χ0) is 13.0. The molecule has 1 aromatic rings. The Morgan fingerprint density at radius 1 is 1.44 bits per heavy atom. The number of rotatable bonds is 7. The molecule has 1 aromatic heterocycles. The van der Waals surface area contributed by atoms with Gasteiger partial charge in [0.2, 0.25) is 0 Å². The largest absolute Gasteiger partial charge is 0.368 e. The summed E-state index contributed by atoms with van der Waals surface area (Å²) in [4.78, 5) is 6.76. The van der Waals surface area contributed by atoms with Gasteiger partial charge in [-0.3, -0.25) is 4.98 Å². The van der Waals surface area contributed by atoms with E-state index in [1.165, 1.54) is 24.1 Å². The van der Waals surface area contributed by atoms with Gasteiger partial charge in [-0.25, -0.2) is 0 Å². The number of pyridine rings is 1. The second kappa shape index (κ2) is 6.19. The lowest BCUT2D eigenvalue weighted by atomic mass is 10.1. The summed E-state index contributed by atoms with van der Waals surface area (Å²) in [7, 11) is 0. The van der Waals surface area contributed by atoms with Gasteiger partial charge >= 0.3 is 0 Å². The van der Waals surface area contributed by atoms with Gasteiger partial charge in [0.25, 0.3) is 0 Å². The first-order chi connectivity index (χ1) is 8.76. The van der Waals surface area contributed by atoms with Crippen LogP contribution in [-0.4, -0.2) is 23.6 Å². The van der Waals surface area contributed by atoms with E-state index in [9.17, 15) is 0 Å². The van der Waals surface area contributed by atoms with Gasteiger partial charge in [-0.2, -0.15) is 0 Å². The van der Waals surface area contributed by atoms with Crippen molar-refractivity contribution < 1.29 is 0 Å². The minimum Gasteiger partial charge on any atom is -0.368 e. The lowest BCUT2D eigenvalue weighted by molar-refractivity contribution is 0.620. The van der Waals surface area contributed by atoms with E-state index in [1.807, 2.05) is 12.4 Å². The minimum atomic E-state index is 0.568. The van der Waals surface area contributed by atoms with Gasteiger partial charge in [0.15, 0.2) is 0 Å². The van der Waals surface area contributed by atoms with E-state index in [0.29, 0.717) is 6.04 Å². The monoisotopic (exact) mass is 247 g/mol. The molecule has 3 heteroatoms. The molecule has 0 aromatic carbocycles. The van der Waals surface area contributed by atoms with E-state index in [4.69, 9.17) is 0 Å². The van der Waals surface area contributed by atoms with E-state index >= 15 is 0 Å². The Bertz CT molecular complexity index is 374. The Morgan fingerprint density at radius 3 is 2.83 bits per heavy atom. The molecule has 0 amide bonds. The average molecular weight is 247 g/mol. The summed E-state index contributed by atoms with van der Waals surface area (Å²) in [5.41, 5.74) is 2.67. The summed E-state index contributed by atoms with van der Waals surface area (Å²) >= 11 is 0. The Labute approximate surface area is 111 Å². The Hall–Kier alpha value is -1.09. The molecule has 100 valence electrons. The number of nitrogens with one attached hydrogen (secondary N) is 1. The maximum Gasteiger partial charge on any atom is 0.0600 e. The fraction of sp³-hybridized carbons (Fsp3) is 0.667. The molecule has 1 N–H and O–H groups in total. The number of aromatic nitrogens is 1. The van der Waals surface area contributed by atoms with Crippen LogP contribution in [0.5, 0.6) is 0 Å². The van der Waals surface area contributed by atoms with Crippen molar-refractivity contribution in [3.8, 4) is 0 Å². The topological polar surface area (TPSA) is 28.2 Å². The van der Waals surface area contributed by atoms with E-state index in [2.05, 4.69) is 42.0 Å². The Morgan fingerprint density at radius 2 is 2.22 bits per heavy atom. The molecule has 0 saturated heterocycles.